The molecule has 0 amide bonds. The first-order chi connectivity index (χ1) is 8.16. The molecule has 2 aromatic rings. The number of aryl methyl sites for hydroxylation is 1. The van der Waals surface area contributed by atoms with Gasteiger partial charge in [-0.2, -0.15) is 0 Å². The molecule has 0 radical (unpaired) electrons. The molecule has 0 atom stereocenters. The second kappa shape index (κ2) is 4.97. The Hall–Kier alpha value is -1.88. The fourth-order valence-electron chi connectivity index (χ4n) is 1.57. The standard InChI is InChI=1S/C12H13N3OS/c1-8-6-9(2-3-11(8)12(13)17)14-7-10-4-5-16-15-10/h2-6,14H,7H2,1H3,(H2,13,17). The topological polar surface area (TPSA) is 64.1 Å². The molecule has 0 saturated heterocycles. The predicted molar refractivity (Wildman–Crippen MR) is 70.9 cm³/mol. The summed E-state index contributed by atoms with van der Waals surface area (Å²) in [6, 6.07) is 7.70. The highest BCUT2D eigenvalue weighted by molar-refractivity contribution is 7.80. The van der Waals surface area contributed by atoms with Crippen LogP contribution in [0.15, 0.2) is 35.1 Å². The number of benzene rings is 1. The largest absolute Gasteiger partial charge is 0.389 e. The summed E-state index contributed by atoms with van der Waals surface area (Å²) in [5.74, 6) is 0. The Morgan fingerprint density at radius 2 is 2.29 bits per heavy atom. The molecule has 1 aromatic carbocycles. The van der Waals surface area contributed by atoms with Crippen LogP contribution in [0.4, 0.5) is 5.69 Å². The zero-order chi connectivity index (χ0) is 12.3. The molecule has 0 aliphatic carbocycles. The zero-order valence-corrected chi connectivity index (χ0v) is 10.3. The third-order valence-electron chi connectivity index (χ3n) is 2.46. The van der Waals surface area contributed by atoms with Crippen molar-refractivity contribution >= 4 is 22.9 Å². The van der Waals surface area contributed by atoms with E-state index in [0.29, 0.717) is 11.5 Å². The first-order valence-corrected chi connectivity index (χ1v) is 5.61. The summed E-state index contributed by atoms with van der Waals surface area (Å²) >= 11 is 4.96. The normalized spacial score (nSPS) is 10.2. The molecule has 17 heavy (non-hydrogen) atoms. The van der Waals surface area contributed by atoms with E-state index in [4.69, 9.17) is 22.5 Å². The van der Waals surface area contributed by atoms with Gasteiger partial charge in [-0.05, 0) is 30.7 Å². The molecule has 3 N–H and O–H groups in total. The summed E-state index contributed by atoms with van der Waals surface area (Å²) in [4.78, 5) is 0.422. The SMILES string of the molecule is Cc1cc(NCc2ccon2)ccc1C(N)=S. The Kier molecular flexibility index (Phi) is 3.39. The van der Waals surface area contributed by atoms with Crippen LogP contribution in [0.5, 0.6) is 0 Å². The highest BCUT2D eigenvalue weighted by Gasteiger charge is 2.03. The first-order valence-electron chi connectivity index (χ1n) is 5.20. The third kappa shape index (κ3) is 2.82. The van der Waals surface area contributed by atoms with Gasteiger partial charge in [0, 0.05) is 17.3 Å². The lowest BCUT2D eigenvalue weighted by molar-refractivity contribution is 0.412. The van der Waals surface area contributed by atoms with E-state index in [1.165, 1.54) is 0 Å². The third-order valence-corrected chi connectivity index (χ3v) is 2.68. The molecule has 0 spiro atoms. The fraction of sp³-hybridized carbons (Fsp3) is 0.167. The van der Waals surface area contributed by atoms with Gasteiger partial charge in [-0.25, -0.2) is 0 Å². The summed E-state index contributed by atoms with van der Waals surface area (Å²) in [6.45, 7) is 2.61. The summed E-state index contributed by atoms with van der Waals surface area (Å²) in [7, 11) is 0. The highest BCUT2D eigenvalue weighted by atomic mass is 32.1. The number of hydrogen-bond acceptors (Lipinski definition) is 4. The van der Waals surface area contributed by atoms with Gasteiger partial charge < -0.3 is 15.6 Å². The quantitative estimate of drug-likeness (QED) is 0.811. The molecule has 2 rings (SSSR count). The minimum atomic E-state index is 0.422. The van der Waals surface area contributed by atoms with Crippen molar-refractivity contribution in [2.45, 2.75) is 13.5 Å². The number of nitrogens with one attached hydrogen (secondary N) is 1. The van der Waals surface area contributed by atoms with Crippen LogP contribution in [0.1, 0.15) is 16.8 Å². The molecule has 0 saturated carbocycles. The van der Waals surface area contributed by atoms with E-state index in [9.17, 15) is 0 Å². The summed E-state index contributed by atoms with van der Waals surface area (Å²) in [5, 5.41) is 7.07. The van der Waals surface area contributed by atoms with E-state index in [2.05, 4.69) is 10.5 Å². The van der Waals surface area contributed by atoms with Crippen LogP contribution >= 0.6 is 12.2 Å². The van der Waals surface area contributed by atoms with Crippen molar-refractivity contribution in [3.63, 3.8) is 0 Å². The number of rotatable bonds is 4. The van der Waals surface area contributed by atoms with Gasteiger partial charge in [0.25, 0.3) is 0 Å². The van der Waals surface area contributed by atoms with Crippen LogP contribution in [-0.4, -0.2) is 10.1 Å². The van der Waals surface area contributed by atoms with Crippen molar-refractivity contribution in [1.29, 1.82) is 0 Å². The molecule has 1 heterocycles. The second-order valence-corrected chi connectivity index (χ2v) is 4.18. The van der Waals surface area contributed by atoms with Crippen molar-refractivity contribution in [2.75, 3.05) is 5.32 Å². The Morgan fingerprint density at radius 1 is 1.47 bits per heavy atom. The molecule has 0 aliphatic rings. The maximum Gasteiger partial charge on any atom is 0.124 e. The summed E-state index contributed by atoms with van der Waals surface area (Å²) in [6.07, 6.45) is 1.55. The average Bonchev–Trinajstić information content (AvgIpc) is 2.78. The van der Waals surface area contributed by atoms with Crippen LogP contribution in [-0.2, 0) is 6.54 Å². The van der Waals surface area contributed by atoms with Gasteiger partial charge in [-0.15, -0.1) is 0 Å². The molecule has 88 valence electrons. The monoisotopic (exact) mass is 247 g/mol. The summed E-state index contributed by atoms with van der Waals surface area (Å²) in [5.41, 5.74) is 9.44. The lowest BCUT2D eigenvalue weighted by atomic mass is 10.1. The van der Waals surface area contributed by atoms with E-state index in [0.717, 1.165) is 22.5 Å². The molecule has 0 aliphatic heterocycles. The smallest absolute Gasteiger partial charge is 0.124 e. The average molecular weight is 247 g/mol. The highest BCUT2D eigenvalue weighted by Crippen LogP contribution is 2.15. The maximum absolute atomic E-state index is 5.60. The molecule has 0 unspecified atom stereocenters. The number of anilines is 1. The van der Waals surface area contributed by atoms with E-state index >= 15 is 0 Å². The van der Waals surface area contributed by atoms with Crippen molar-refractivity contribution in [2.24, 2.45) is 5.73 Å². The number of nitrogens with zero attached hydrogens (tertiary/aromatic N) is 1. The minimum Gasteiger partial charge on any atom is -0.389 e. The minimum absolute atomic E-state index is 0.422. The number of nitrogens with two attached hydrogens (primary N) is 1. The van der Waals surface area contributed by atoms with E-state index in [-0.39, 0.29) is 0 Å². The molecule has 0 fully saturated rings. The van der Waals surface area contributed by atoms with Gasteiger partial charge in [-0.1, -0.05) is 17.4 Å². The molecule has 1 aromatic heterocycles. The van der Waals surface area contributed by atoms with Crippen LogP contribution < -0.4 is 11.1 Å². The van der Waals surface area contributed by atoms with E-state index in [1.807, 2.05) is 31.2 Å². The van der Waals surface area contributed by atoms with Gasteiger partial charge in [0.1, 0.15) is 16.9 Å². The Morgan fingerprint density at radius 3 is 2.88 bits per heavy atom. The molecule has 0 bridgehead atoms. The van der Waals surface area contributed by atoms with Crippen LogP contribution in [0, 0.1) is 6.92 Å². The van der Waals surface area contributed by atoms with Gasteiger partial charge in [-0.3, -0.25) is 0 Å². The Labute approximate surface area is 105 Å². The van der Waals surface area contributed by atoms with Crippen molar-refractivity contribution in [3.8, 4) is 0 Å². The number of hydrogen-bond donors (Lipinski definition) is 2. The molecule has 4 nitrogen and oxygen atoms in total. The Bertz CT molecular complexity index is 523. The number of aromatic nitrogens is 1. The zero-order valence-electron chi connectivity index (χ0n) is 9.43. The van der Waals surface area contributed by atoms with Crippen molar-refractivity contribution in [1.82, 2.24) is 5.16 Å². The van der Waals surface area contributed by atoms with Crippen LogP contribution in [0.2, 0.25) is 0 Å². The van der Waals surface area contributed by atoms with Gasteiger partial charge in [0.15, 0.2) is 0 Å². The summed E-state index contributed by atoms with van der Waals surface area (Å²) < 4.78 is 4.75. The van der Waals surface area contributed by atoms with Gasteiger partial charge in [0.05, 0.1) is 6.54 Å². The number of thiocarbonyl (C=S) groups is 1. The predicted octanol–water partition coefficient (Wildman–Crippen LogP) is 2.23. The fourth-order valence-corrected chi connectivity index (χ4v) is 1.80. The lowest BCUT2D eigenvalue weighted by Crippen LogP contribution is -2.11. The Balaban J connectivity index is 2.07. The van der Waals surface area contributed by atoms with E-state index in [1.54, 1.807) is 6.26 Å². The van der Waals surface area contributed by atoms with Crippen LogP contribution in [0.3, 0.4) is 0 Å². The van der Waals surface area contributed by atoms with Crippen molar-refractivity contribution in [3.05, 3.63) is 47.3 Å². The van der Waals surface area contributed by atoms with E-state index < -0.39 is 0 Å². The van der Waals surface area contributed by atoms with Crippen molar-refractivity contribution < 1.29 is 4.52 Å². The van der Waals surface area contributed by atoms with Crippen LogP contribution in [0.25, 0.3) is 0 Å². The molecular formula is C12H13N3OS. The molecular weight excluding hydrogens is 234 g/mol. The van der Waals surface area contributed by atoms with Gasteiger partial charge in [0.2, 0.25) is 0 Å². The second-order valence-electron chi connectivity index (χ2n) is 3.74. The molecule has 5 heteroatoms. The first kappa shape index (κ1) is 11.6. The van der Waals surface area contributed by atoms with Gasteiger partial charge >= 0.3 is 0 Å². The lowest BCUT2D eigenvalue weighted by Gasteiger charge is -2.08. The maximum atomic E-state index is 5.60.